The third kappa shape index (κ3) is 3.96. The van der Waals surface area contributed by atoms with Gasteiger partial charge in [-0.2, -0.15) is 0 Å². The minimum Gasteiger partial charge on any atom is -0.508 e. The molecule has 104 valence electrons. The molecule has 2 rings (SSSR count). The summed E-state index contributed by atoms with van der Waals surface area (Å²) in [7, 11) is 0. The van der Waals surface area contributed by atoms with E-state index < -0.39 is 0 Å². The van der Waals surface area contributed by atoms with E-state index in [9.17, 15) is 9.90 Å². The first-order valence-electron chi connectivity index (χ1n) is 6.87. The third-order valence-corrected chi connectivity index (χ3v) is 3.50. The van der Waals surface area contributed by atoms with Crippen molar-refractivity contribution in [2.75, 3.05) is 6.54 Å². The summed E-state index contributed by atoms with van der Waals surface area (Å²) in [5, 5.41) is 9.48. The number of amides is 1. The molecule has 4 heteroatoms. The highest BCUT2D eigenvalue weighted by molar-refractivity contribution is 5.77. The van der Waals surface area contributed by atoms with Crippen LogP contribution in [0.5, 0.6) is 5.75 Å². The number of phenolic OH excluding ortho intramolecular Hbond substituents is 1. The van der Waals surface area contributed by atoms with E-state index >= 15 is 0 Å². The molecule has 3 N–H and O–H groups in total. The van der Waals surface area contributed by atoms with E-state index in [0.29, 0.717) is 25.6 Å². The molecule has 0 heterocycles. The highest BCUT2D eigenvalue weighted by atomic mass is 16.3. The van der Waals surface area contributed by atoms with Crippen molar-refractivity contribution in [1.82, 2.24) is 4.90 Å². The smallest absolute Gasteiger partial charge is 0.223 e. The number of rotatable bonds is 6. The van der Waals surface area contributed by atoms with Gasteiger partial charge in [0.05, 0.1) is 0 Å². The summed E-state index contributed by atoms with van der Waals surface area (Å²) >= 11 is 0. The van der Waals surface area contributed by atoms with Crippen LogP contribution in [0.3, 0.4) is 0 Å². The molecule has 1 aromatic rings. The number of hydrogen-bond acceptors (Lipinski definition) is 3. The van der Waals surface area contributed by atoms with Crippen LogP contribution >= 0.6 is 0 Å². The number of carbonyl (C=O) groups is 1. The van der Waals surface area contributed by atoms with Crippen LogP contribution in [0.4, 0.5) is 0 Å². The number of nitrogens with zero attached hydrogens (tertiary/aromatic N) is 1. The molecule has 0 bridgehead atoms. The lowest BCUT2D eigenvalue weighted by molar-refractivity contribution is -0.133. The molecule has 1 aliphatic carbocycles. The Kier molecular flexibility index (Phi) is 4.43. The number of aromatic hydroxyl groups is 1. The molecule has 1 aromatic carbocycles. The van der Waals surface area contributed by atoms with Crippen molar-refractivity contribution in [2.45, 2.75) is 38.8 Å². The van der Waals surface area contributed by atoms with Crippen LogP contribution in [0.2, 0.25) is 0 Å². The summed E-state index contributed by atoms with van der Waals surface area (Å²) in [6.07, 6.45) is 2.68. The van der Waals surface area contributed by atoms with Crippen molar-refractivity contribution < 1.29 is 9.90 Å². The largest absolute Gasteiger partial charge is 0.508 e. The Balaban J connectivity index is 2.02. The van der Waals surface area contributed by atoms with Gasteiger partial charge >= 0.3 is 0 Å². The molecule has 1 atom stereocenters. The fraction of sp³-hybridized carbons (Fsp3) is 0.533. The number of nitrogens with two attached hydrogens (primary N) is 1. The SMILES string of the molecule is CC(CN)CC(=O)N(Cc1cccc(O)c1)C1CC1. The van der Waals surface area contributed by atoms with Gasteiger partial charge < -0.3 is 15.7 Å². The first kappa shape index (κ1) is 13.9. The highest BCUT2D eigenvalue weighted by Crippen LogP contribution is 2.30. The normalized spacial score (nSPS) is 16.1. The van der Waals surface area contributed by atoms with Gasteiger partial charge in [0.15, 0.2) is 0 Å². The minimum atomic E-state index is 0.170. The van der Waals surface area contributed by atoms with Crippen molar-refractivity contribution in [3.05, 3.63) is 29.8 Å². The van der Waals surface area contributed by atoms with Crippen LogP contribution in [0.25, 0.3) is 0 Å². The molecule has 0 saturated heterocycles. The summed E-state index contributed by atoms with van der Waals surface area (Å²) in [4.78, 5) is 14.2. The summed E-state index contributed by atoms with van der Waals surface area (Å²) in [5.41, 5.74) is 6.55. The summed E-state index contributed by atoms with van der Waals surface area (Å²) in [6, 6.07) is 7.48. The molecule has 4 nitrogen and oxygen atoms in total. The van der Waals surface area contributed by atoms with E-state index in [4.69, 9.17) is 5.73 Å². The van der Waals surface area contributed by atoms with Crippen molar-refractivity contribution in [2.24, 2.45) is 11.7 Å². The molecule has 1 aliphatic rings. The van der Waals surface area contributed by atoms with Crippen molar-refractivity contribution >= 4 is 5.91 Å². The molecule has 0 radical (unpaired) electrons. The van der Waals surface area contributed by atoms with Crippen LogP contribution in [-0.4, -0.2) is 28.5 Å². The molecule has 19 heavy (non-hydrogen) atoms. The van der Waals surface area contributed by atoms with Gasteiger partial charge in [-0.25, -0.2) is 0 Å². The van der Waals surface area contributed by atoms with Crippen molar-refractivity contribution in [3.8, 4) is 5.75 Å². The lowest BCUT2D eigenvalue weighted by Crippen LogP contribution is -2.34. The molecule has 1 fully saturated rings. The lowest BCUT2D eigenvalue weighted by Gasteiger charge is -2.24. The number of benzene rings is 1. The molecule has 0 spiro atoms. The summed E-state index contributed by atoms with van der Waals surface area (Å²) < 4.78 is 0. The van der Waals surface area contributed by atoms with Crippen LogP contribution in [0.15, 0.2) is 24.3 Å². The Morgan fingerprint density at radius 3 is 2.84 bits per heavy atom. The average Bonchev–Trinajstić information content (AvgIpc) is 3.20. The van der Waals surface area contributed by atoms with Crippen molar-refractivity contribution in [3.63, 3.8) is 0 Å². The maximum absolute atomic E-state index is 12.3. The number of hydrogen-bond donors (Lipinski definition) is 2. The second-order valence-electron chi connectivity index (χ2n) is 5.47. The summed E-state index contributed by atoms with van der Waals surface area (Å²) in [5.74, 6) is 0.637. The predicted molar refractivity (Wildman–Crippen MR) is 74.5 cm³/mol. The maximum Gasteiger partial charge on any atom is 0.223 e. The highest BCUT2D eigenvalue weighted by Gasteiger charge is 2.32. The van der Waals surface area contributed by atoms with Gasteiger partial charge in [0.1, 0.15) is 5.75 Å². The van der Waals surface area contributed by atoms with Gasteiger partial charge in [-0.3, -0.25) is 4.79 Å². The van der Waals surface area contributed by atoms with Crippen LogP contribution in [-0.2, 0) is 11.3 Å². The quantitative estimate of drug-likeness (QED) is 0.822. The molecule has 0 aliphatic heterocycles. The standard InChI is InChI=1S/C15H22N2O2/c1-11(9-16)7-15(19)17(13-5-6-13)10-12-3-2-4-14(18)8-12/h2-4,8,11,13,18H,5-7,9-10,16H2,1H3. The van der Waals surface area contributed by atoms with Gasteiger partial charge in [-0.05, 0) is 43.0 Å². The van der Waals surface area contributed by atoms with Crippen LogP contribution in [0, 0.1) is 5.92 Å². The fourth-order valence-electron chi connectivity index (χ4n) is 2.16. The second-order valence-corrected chi connectivity index (χ2v) is 5.47. The van der Waals surface area contributed by atoms with E-state index in [0.717, 1.165) is 18.4 Å². The predicted octanol–water partition coefficient (Wildman–Crippen LogP) is 1.87. The van der Waals surface area contributed by atoms with Gasteiger partial charge in [0.25, 0.3) is 0 Å². The Morgan fingerprint density at radius 1 is 1.53 bits per heavy atom. The fourth-order valence-corrected chi connectivity index (χ4v) is 2.16. The zero-order chi connectivity index (χ0) is 13.8. The van der Waals surface area contributed by atoms with E-state index in [1.165, 1.54) is 0 Å². The zero-order valence-corrected chi connectivity index (χ0v) is 11.4. The number of carbonyl (C=O) groups excluding carboxylic acids is 1. The van der Waals surface area contributed by atoms with Gasteiger partial charge in [-0.1, -0.05) is 19.1 Å². The van der Waals surface area contributed by atoms with Gasteiger partial charge in [0, 0.05) is 19.0 Å². The molecule has 1 unspecified atom stereocenters. The van der Waals surface area contributed by atoms with Gasteiger partial charge in [-0.15, -0.1) is 0 Å². The van der Waals surface area contributed by atoms with Crippen LogP contribution in [0.1, 0.15) is 31.7 Å². The third-order valence-electron chi connectivity index (χ3n) is 3.50. The van der Waals surface area contributed by atoms with E-state index in [1.54, 1.807) is 12.1 Å². The maximum atomic E-state index is 12.3. The Bertz CT molecular complexity index is 444. The zero-order valence-electron chi connectivity index (χ0n) is 11.4. The molecule has 1 saturated carbocycles. The van der Waals surface area contributed by atoms with E-state index in [2.05, 4.69) is 0 Å². The first-order valence-corrected chi connectivity index (χ1v) is 6.87. The Hall–Kier alpha value is -1.55. The van der Waals surface area contributed by atoms with Crippen molar-refractivity contribution in [1.29, 1.82) is 0 Å². The Morgan fingerprint density at radius 2 is 2.26 bits per heavy atom. The molecular formula is C15H22N2O2. The molecular weight excluding hydrogens is 240 g/mol. The topological polar surface area (TPSA) is 66.6 Å². The first-order chi connectivity index (χ1) is 9.10. The number of phenols is 1. The monoisotopic (exact) mass is 262 g/mol. The molecule has 0 aromatic heterocycles. The lowest BCUT2D eigenvalue weighted by atomic mass is 10.1. The second kappa shape index (κ2) is 6.06. The summed E-state index contributed by atoms with van der Waals surface area (Å²) in [6.45, 7) is 3.11. The molecule has 1 amide bonds. The van der Waals surface area contributed by atoms with Crippen LogP contribution < -0.4 is 5.73 Å². The minimum absolute atomic E-state index is 0.170. The van der Waals surface area contributed by atoms with E-state index in [1.807, 2.05) is 24.0 Å². The van der Waals surface area contributed by atoms with Gasteiger partial charge in [0.2, 0.25) is 5.91 Å². The van der Waals surface area contributed by atoms with E-state index in [-0.39, 0.29) is 17.6 Å². The average molecular weight is 262 g/mol. The Labute approximate surface area is 114 Å².